The Morgan fingerprint density at radius 3 is 2.75 bits per heavy atom. The molecule has 0 radical (unpaired) electrons. The van der Waals surface area contributed by atoms with Crippen LogP contribution < -0.4 is 10.2 Å². The second-order valence-corrected chi connectivity index (χ2v) is 4.89. The van der Waals surface area contributed by atoms with Gasteiger partial charge in [-0.25, -0.2) is 4.98 Å². The number of anilines is 2. The molecule has 1 aromatic carbocycles. The molecule has 2 rings (SSSR count). The third kappa shape index (κ3) is 3.96. The summed E-state index contributed by atoms with van der Waals surface area (Å²) in [6.45, 7) is 3.61. The van der Waals surface area contributed by atoms with E-state index in [9.17, 15) is 0 Å². The topological polar surface area (TPSA) is 48.4 Å². The number of nitrogens with one attached hydrogen (secondary N) is 1. The molecule has 1 heterocycles. The highest BCUT2D eigenvalue weighted by molar-refractivity contribution is 5.49. The number of hydrogen-bond donors (Lipinski definition) is 2. The lowest BCUT2D eigenvalue weighted by atomic mass is 10.1. The molecule has 0 aliphatic rings. The molecule has 0 bridgehead atoms. The normalized spacial score (nSPS) is 10.3. The number of pyridine rings is 1. The molecule has 0 aliphatic carbocycles. The molecule has 4 heteroatoms. The van der Waals surface area contributed by atoms with Gasteiger partial charge in [0.2, 0.25) is 0 Å². The average molecular weight is 271 g/mol. The fourth-order valence-corrected chi connectivity index (χ4v) is 2.01. The highest BCUT2D eigenvalue weighted by Gasteiger charge is 2.01. The van der Waals surface area contributed by atoms with Gasteiger partial charge in [0.1, 0.15) is 5.82 Å². The molecular weight excluding hydrogens is 250 g/mol. The number of hydrogen-bond acceptors (Lipinski definition) is 4. The smallest absolute Gasteiger partial charge is 0.126 e. The number of aromatic nitrogens is 1. The zero-order valence-electron chi connectivity index (χ0n) is 12.0. The van der Waals surface area contributed by atoms with Crippen LogP contribution in [-0.2, 0) is 6.54 Å². The maximum absolute atomic E-state index is 8.91. The maximum atomic E-state index is 8.91. The van der Waals surface area contributed by atoms with Gasteiger partial charge < -0.3 is 15.3 Å². The van der Waals surface area contributed by atoms with Crippen molar-refractivity contribution in [2.75, 3.05) is 30.4 Å². The van der Waals surface area contributed by atoms with E-state index in [0.717, 1.165) is 18.1 Å². The van der Waals surface area contributed by atoms with E-state index < -0.39 is 0 Å². The Hall–Kier alpha value is -2.07. The van der Waals surface area contributed by atoms with E-state index in [-0.39, 0.29) is 6.61 Å². The van der Waals surface area contributed by atoms with Crippen molar-refractivity contribution in [2.45, 2.75) is 13.5 Å². The van der Waals surface area contributed by atoms with Crippen LogP contribution in [-0.4, -0.2) is 30.3 Å². The zero-order chi connectivity index (χ0) is 14.4. The Morgan fingerprint density at radius 2 is 2.10 bits per heavy atom. The SMILES string of the molecule is Cc1cccc(CNc2ccc(N(C)CCO)cn2)c1. The van der Waals surface area contributed by atoms with Crippen LogP contribution in [0, 0.1) is 6.92 Å². The number of aliphatic hydroxyl groups excluding tert-OH is 1. The van der Waals surface area contributed by atoms with Crippen molar-refractivity contribution in [1.82, 2.24) is 4.98 Å². The molecule has 2 aromatic rings. The van der Waals surface area contributed by atoms with E-state index in [4.69, 9.17) is 5.11 Å². The largest absolute Gasteiger partial charge is 0.395 e. The number of nitrogens with zero attached hydrogens (tertiary/aromatic N) is 2. The van der Waals surface area contributed by atoms with Crippen molar-refractivity contribution in [3.05, 3.63) is 53.7 Å². The van der Waals surface area contributed by atoms with Crippen LogP contribution in [0.15, 0.2) is 42.6 Å². The molecule has 0 spiro atoms. The Bertz CT molecular complexity index is 540. The maximum Gasteiger partial charge on any atom is 0.126 e. The Balaban J connectivity index is 1.94. The summed E-state index contributed by atoms with van der Waals surface area (Å²) in [5.74, 6) is 0.854. The van der Waals surface area contributed by atoms with Gasteiger partial charge in [0.25, 0.3) is 0 Å². The number of rotatable bonds is 6. The summed E-state index contributed by atoms with van der Waals surface area (Å²) in [6, 6.07) is 12.4. The highest BCUT2D eigenvalue weighted by Crippen LogP contribution is 2.14. The van der Waals surface area contributed by atoms with Crippen LogP contribution >= 0.6 is 0 Å². The third-order valence-electron chi connectivity index (χ3n) is 3.18. The van der Waals surface area contributed by atoms with Crippen molar-refractivity contribution in [3.63, 3.8) is 0 Å². The van der Waals surface area contributed by atoms with E-state index in [1.54, 1.807) is 0 Å². The van der Waals surface area contributed by atoms with Gasteiger partial charge in [-0.1, -0.05) is 29.8 Å². The number of aliphatic hydroxyl groups is 1. The quantitative estimate of drug-likeness (QED) is 0.847. The van der Waals surface area contributed by atoms with Gasteiger partial charge in [-0.3, -0.25) is 0 Å². The lowest BCUT2D eigenvalue weighted by Gasteiger charge is -2.17. The van der Waals surface area contributed by atoms with E-state index in [2.05, 4.69) is 41.5 Å². The summed E-state index contributed by atoms with van der Waals surface area (Å²) >= 11 is 0. The van der Waals surface area contributed by atoms with Crippen LogP contribution in [0.2, 0.25) is 0 Å². The molecular formula is C16H21N3O. The van der Waals surface area contributed by atoms with Gasteiger partial charge in [-0.2, -0.15) is 0 Å². The molecule has 1 aromatic heterocycles. The van der Waals surface area contributed by atoms with Crippen LogP contribution in [0.1, 0.15) is 11.1 Å². The number of aryl methyl sites for hydroxylation is 1. The predicted molar refractivity (Wildman–Crippen MR) is 83.1 cm³/mol. The summed E-state index contributed by atoms with van der Waals surface area (Å²) in [5.41, 5.74) is 3.51. The molecule has 4 nitrogen and oxygen atoms in total. The molecule has 2 N–H and O–H groups in total. The molecule has 0 atom stereocenters. The molecule has 0 amide bonds. The standard InChI is InChI=1S/C16H21N3O/c1-13-4-3-5-14(10-13)11-17-16-7-6-15(12-18-16)19(2)8-9-20/h3-7,10,12,20H,8-9,11H2,1-2H3,(H,17,18). The summed E-state index contributed by atoms with van der Waals surface area (Å²) in [4.78, 5) is 6.35. The van der Waals surface area contributed by atoms with Crippen molar-refractivity contribution >= 4 is 11.5 Å². The molecule has 0 unspecified atom stereocenters. The summed E-state index contributed by atoms with van der Waals surface area (Å²) < 4.78 is 0. The van der Waals surface area contributed by atoms with Crippen molar-refractivity contribution in [3.8, 4) is 0 Å². The fourth-order valence-electron chi connectivity index (χ4n) is 2.01. The molecule has 0 fully saturated rings. The minimum Gasteiger partial charge on any atom is -0.395 e. The van der Waals surface area contributed by atoms with Crippen LogP contribution in [0.4, 0.5) is 11.5 Å². The Morgan fingerprint density at radius 1 is 1.25 bits per heavy atom. The van der Waals surface area contributed by atoms with E-state index >= 15 is 0 Å². The van der Waals surface area contributed by atoms with Crippen LogP contribution in [0.5, 0.6) is 0 Å². The van der Waals surface area contributed by atoms with Crippen molar-refractivity contribution < 1.29 is 5.11 Å². The average Bonchev–Trinajstić information content (AvgIpc) is 2.46. The summed E-state index contributed by atoms with van der Waals surface area (Å²) in [6.07, 6.45) is 1.81. The fraction of sp³-hybridized carbons (Fsp3) is 0.312. The second-order valence-electron chi connectivity index (χ2n) is 4.89. The van der Waals surface area contributed by atoms with E-state index in [1.165, 1.54) is 11.1 Å². The summed E-state index contributed by atoms with van der Waals surface area (Å²) in [5, 5.41) is 12.2. The van der Waals surface area contributed by atoms with Gasteiger partial charge in [0, 0.05) is 20.1 Å². The summed E-state index contributed by atoms with van der Waals surface area (Å²) in [7, 11) is 1.94. The van der Waals surface area contributed by atoms with E-state index in [1.807, 2.05) is 30.3 Å². The second kappa shape index (κ2) is 6.91. The lowest BCUT2D eigenvalue weighted by molar-refractivity contribution is 0.304. The number of benzene rings is 1. The first-order valence-electron chi connectivity index (χ1n) is 6.76. The predicted octanol–water partition coefficient (Wildman–Crippen LogP) is 2.43. The minimum atomic E-state index is 0.143. The van der Waals surface area contributed by atoms with Gasteiger partial charge >= 0.3 is 0 Å². The van der Waals surface area contributed by atoms with Crippen molar-refractivity contribution in [1.29, 1.82) is 0 Å². The molecule has 20 heavy (non-hydrogen) atoms. The van der Waals surface area contributed by atoms with Crippen molar-refractivity contribution in [2.24, 2.45) is 0 Å². The molecule has 0 saturated carbocycles. The van der Waals surface area contributed by atoms with Gasteiger partial charge in [0.05, 0.1) is 18.5 Å². The zero-order valence-corrected chi connectivity index (χ0v) is 12.0. The monoisotopic (exact) mass is 271 g/mol. The number of likely N-dealkylation sites (N-methyl/N-ethyl adjacent to an activating group) is 1. The van der Waals surface area contributed by atoms with Gasteiger partial charge in [-0.15, -0.1) is 0 Å². The highest BCUT2D eigenvalue weighted by atomic mass is 16.3. The molecule has 106 valence electrons. The van der Waals surface area contributed by atoms with Gasteiger partial charge in [0.15, 0.2) is 0 Å². The van der Waals surface area contributed by atoms with Crippen LogP contribution in [0.25, 0.3) is 0 Å². The Labute approximate surface area is 120 Å². The first kappa shape index (κ1) is 14.3. The first-order chi connectivity index (χ1) is 9.69. The first-order valence-corrected chi connectivity index (χ1v) is 6.76. The third-order valence-corrected chi connectivity index (χ3v) is 3.18. The lowest BCUT2D eigenvalue weighted by Crippen LogP contribution is -2.21. The van der Waals surface area contributed by atoms with E-state index in [0.29, 0.717) is 6.54 Å². The molecule has 0 saturated heterocycles. The Kier molecular flexibility index (Phi) is 4.96. The molecule has 0 aliphatic heterocycles. The minimum absolute atomic E-state index is 0.143. The van der Waals surface area contributed by atoms with Crippen LogP contribution in [0.3, 0.4) is 0 Å². The van der Waals surface area contributed by atoms with Gasteiger partial charge in [-0.05, 0) is 24.6 Å².